The highest BCUT2D eigenvalue weighted by Gasteiger charge is 2.39. The van der Waals surface area contributed by atoms with Crippen molar-refractivity contribution >= 4 is 17.4 Å². The van der Waals surface area contributed by atoms with Crippen LogP contribution in [-0.2, 0) is 4.79 Å². The third-order valence-electron chi connectivity index (χ3n) is 3.87. The van der Waals surface area contributed by atoms with Gasteiger partial charge in [0.15, 0.2) is 5.78 Å². The van der Waals surface area contributed by atoms with Crippen LogP contribution < -0.4 is 4.90 Å². The molecule has 1 atom stereocenters. The molecule has 0 N–H and O–H groups in total. The van der Waals surface area contributed by atoms with Crippen LogP contribution in [0.15, 0.2) is 48.5 Å². The van der Waals surface area contributed by atoms with E-state index in [4.69, 9.17) is 0 Å². The normalized spacial score (nSPS) is 18.1. The van der Waals surface area contributed by atoms with Gasteiger partial charge in [-0.2, -0.15) is 0 Å². The molecule has 1 amide bonds. The number of ketones is 1. The van der Waals surface area contributed by atoms with Crippen molar-refractivity contribution in [3.63, 3.8) is 0 Å². The first-order valence-electron chi connectivity index (χ1n) is 6.57. The number of para-hydroxylation sites is 1. The molecule has 3 heteroatoms. The van der Waals surface area contributed by atoms with Gasteiger partial charge in [-0.25, -0.2) is 0 Å². The fraction of sp³-hybridized carbons (Fsp3) is 0.176. The van der Waals surface area contributed by atoms with E-state index < -0.39 is 5.92 Å². The van der Waals surface area contributed by atoms with E-state index in [-0.39, 0.29) is 11.7 Å². The maximum absolute atomic E-state index is 12.7. The molecule has 0 saturated carbocycles. The summed E-state index contributed by atoms with van der Waals surface area (Å²) in [5.41, 5.74) is 3.06. The molecular weight excluding hydrogens is 250 g/mol. The molecule has 0 aromatic heterocycles. The summed E-state index contributed by atoms with van der Waals surface area (Å²) in [5, 5.41) is 0. The van der Waals surface area contributed by atoms with E-state index in [1.807, 2.05) is 43.3 Å². The van der Waals surface area contributed by atoms with Gasteiger partial charge in [-0.3, -0.25) is 9.59 Å². The van der Waals surface area contributed by atoms with Crippen LogP contribution in [0.4, 0.5) is 5.69 Å². The van der Waals surface area contributed by atoms with Crippen molar-refractivity contribution in [2.24, 2.45) is 0 Å². The van der Waals surface area contributed by atoms with E-state index in [9.17, 15) is 9.59 Å². The topological polar surface area (TPSA) is 37.4 Å². The Morgan fingerprint density at radius 3 is 2.35 bits per heavy atom. The SMILES string of the molecule is Cc1ccccc1[C@@H]1C(=O)c2ccccc2N(C)C1=O. The Bertz CT molecular complexity index is 706. The van der Waals surface area contributed by atoms with Crippen molar-refractivity contribution < 1.29 is 9.59 Å². The van der Waals surface area contributed by atoms with Crippen LogP contribution in [0.25, 0.3) is 0 Å². The minimum atomic E-state index is -0.726. The van der Waals surface area contributed by atoms with Gasteiger partial charge in [0.05, 0.1) is 5.69 Å². The lowest BCUT2D eigenvalue weighted by molar-refractivity contribution is -0.119. The van der Waals surface area contributed by atoms with Gasteiger partial charge in [0, 0.05) is 12.6 Å². The fourth-order valence-electron chi connectivity index (χ4n) is 2.74. The molecule has 20 heavy (non-hydrogen) atoms. The zero-order valence-corrected chi connectivity index (χ0v) is 11.5. The van der Waals surface area contributed by atoms with Gasteiger partial charge in [0.1, 0.15) is 5.92 Å². The van der Waals surface area contributed by atoms with Crippen molar-refractivity contribution in [2.75, 3.05) is 11.9 Å². The number of anilines is 1. The highest BCUT2D eigenvalue weighted by atomic mass is 16.2. The van der Waals surface area contributed by atoms with Crippen molar-refractivity contribution in [1.29, 1.82) is 0 Å². The monoisotopic (exact) mass is 265 g/mol. The Morgan fingerprint density at radius 2 is 1.60 bits per heavy atom. The van der Waals surface area contributed by atoms with Crippen LogP contribution in [0, 0.1) is 6.92 Å². The summed E-state index contributed by atoms with van der Waals surface area (Å²) in [6.45, 7) is 1.93. The molecule has 0 spiro atoms. The van der Waals surface area contributed by atoms with Crippen LogP contribution in [0.5, 0.6) is 0 Å². The molecule has 1 aliphatic heterocycles. The first-order valence-corrected chi connectivity index (χ1v) is 6.57. The van der Waals surface area contributed by atoms with Crippen LogP contribution in [-0.4, -0.2) is 18.7 Å². The molecule has 0 saturated heterocycles. The van der Waals surface area contributed by atoms with E-state index in [2.05, 4.69) is 0 Å². The summed E-state index contributed by atoms with van der Waals surface area (Å²) in [6.07, 6.45) is 0. The summed E-state index contributed by atoms with van der Waals surface area (Å²) in [7, 11) is 1.72. The number of carbonyl (C=O) groups excluding carboxylic acids is 2. The second-order valence-electron chi connectivity index (χ2n) is 5.07. The predicted molar refractivity (Wildman–Crippen MR) is 78.1 cm³/mol. The van der Waals surface area contributed by atoms with E-state index in [0.717, 1.165) is 11.1 Å². The van der Waals surface area contributed by atoms with Crippen molar-refractivity contribution in [1.82, 2.24) is 0 Å². The van der Waals surface area contributed by atoms with Gasteiger partial charge < -0.3 is 4.90 Å². The van der Waals surface area contributed by atoms with Crippen LogP contribution in [0.1, 0.15) is 27.4 Å². The number of hydrogen-bond donors (Lipinski definition) is 0. The molecule has 3 nitrogen and oxygen atoms in total. The Morgan fingerprint density at radius 1 is 0.950 bits per heavy atom. The van der Waals surface area contributed by atoms with Gasteiger partial charge in [0.2, 0.25) is 5.91 Å². The number of likely N-dealkylation sites (N-methyl/N-ethyl adjacent to an activating group) is 1. The summed E-state index contributed by atoms with van der Waals surface area (Å²) in [5.74, 6) is -1.00. The van der Waals surface area contributed by atoms with Gasteiger partial charge >= 0.3 is 0 Å². The van der Waals surface area contributed by atoms with E-state index in [1.54, 1.807) is 24.1 Å². The lowest BCUT2D eigenvalue weighted by atomic mass is 9.83. The number of amides is 1. The van der Waals surface area contributed by atoms with E-state index in [0.29, 0.717) is 11.3 Å². The summed E-state index contributed by atoms with van der Waals surface area (Å²) < 4.78 is 0. The van der Waals surface area contributed by atoms with Crippen LogP contribution in [0.2, 0.25) is 0 Å². The summed E-state index contributed by atoms with van der Waals surface area (Å²) in [6, 6.07) is 14.8. The highest BCUT2D eigenvalue weighted by molar-refractivity contribution is 6.24. The van der Waals surface area contributed by atoms with Gasteiger partial charge in [-0.05, 0) is 30.2 Å². The molecule has 2 aromatic rings. The third-order valence-corrected chi connectivity index (χ3v) is 3.87. The lowest BCUT2D eigenvalue weighted by Gasteiger charge is -2.31. The minimum absolute atomic E-state index is 0.113. The van der Waals surface area contributed by atoms with E-state index in [1.165, 1.54) is 0 Å². The smallest absolute Gasteiger partial charge is 0.242 e. The van der Waals surface area contributed by atoms with Gasteiger partial charge in [0.25, 0.3) is 0 Å². The number of rotatable bonds is 1. The second-order valence-corrected chi connectivity index (χ2v) is 5.07. The molecule has 2 aromatic carbocycles. The Labute approximate surface area is 117 Å². The lowest BCUT2D eigenvalue weighted by Crippen LogP contribution is -2.41. The average molecular weight is 265 g/mol. The Balaban J connectivity index is 2.18. The zero-order chi connectivity index (χ0) is 14.3. The highest BCUT2D eigenvalue weighted by Crippen LogP contribution is 2.35. The average Bonchev–Trinajstić information content (AvgIpc) is 2.47. The number of hydrogen-bond acceptors (Lipinski definition) is 2. The number of fused-ring (bicyclic) bond motifs is 1. The molecule has 0 radical (unpaired) electrons. The zero-order valence-electron chi connectivity index (χ0n) is 11.5. The molecule has 0 aliphatic carbocycles. The molecule has 0 fully saturated rings. The van der Waals surface area contributed by atoms with E-state index >= 15 is 0 Å². The van der Waals surface area contributed by atoms with Crippen molar-refractivity contribution in [2.45, 2.75) is 12.8 Å². The number of Topliss-reactive ketones (excluding diaryl/α,β-unsaturated/α-hetero) is 1. The van der Waals surface area contributed by atoms with Crippen molar-refractivity contribution in [3.8, 4) is 0 Å². The predicted octanol–water partition coefficient (Wildman–Crippen LogP) is 2.94. The van der Waals surface area contributed by atoms with Crippen LogP contribution in [0.3, 0.4) is 0 Å². The first-order chi connectivity index (χ1) is 9.61. The maximum Gasteiger partial charge on any atom is 0.242 e. The molecule has 3 rings (SSSR count). The van der Waals surface area contributed by atoms with Gasteiger partial charge in [-0.15, -0.1) is 0 Å². The standard InChI is InChI=1S/C17H15NO2/c1-11-7-3-4-8-12(11)15-16(19)13-9-5-6-10-14(13)18(2)17(15)20/h3-10,15H,1-2H3/t15-/m1/s1. The Kier molecular flexibility index (Phi) is 2.90. The molecule has 0 bridgehead atoms. The number of benzene rings is 2. The Hall–Kier alpha value is -2.42. The summed E-state index contributed by atoms with van der Waals surface area (Å²) in [4.78, 5) is 26.8. The summed E-state index contributed by atoms with van der Waals surface area (Å²) >= 11 is 0. The number of nitrogens with zero attached hydrogens (tertiary/aromatic N) is 1. The first kappa shape index (κ1) is 12.6. The number of carbonyl (C=O) groups is 2. The minimum Gasteiger partial charge on any atom is -0.314 e. The molecule has 100 valence electrons. The number of aryl methyl sites for hydroxylation is 1. The second kappa shape index (κ2) is 4.60. The van der Waals surface area contributed by atoms with Crippen LogP contribution >= 0.6 is 0 Å². The largest absolute Gasteiger partial charge is 0.314 e. The fourth-order valence-corrected chi connectivity index (χ4v) is 2.74. The molecular formula is C17H15NO2. The van der Waals surface area contributed by atoms with Gasteiger partial charge in [-0.1, -0.05) is 36.4 Å². The quantitative estimate of drug-likeness (QED) is 0.743. The van der Waals surface area contributed by atoms with Crippen molar-refractivity contribution in [3.05, 3.63) is 65.2 Å². The third kappa shape index (κ3) is 1.74. The molecule has 0 unspecified atom stereocenters. The molecule has 1 aliphatic rings. The maximum atomic E-state index is 12.7. The molecule has 1 heterocycles.